The summed E-state index contributed by atoms with van der Waals surface area (Å²) in [6.45, 7) is 0.210. The van der Waals surface area contributed by atoms with E-state index < -0.39 is 10.1 Å². The zero-order valence-corrected chi connectivity index (χ0v) is 21.9. The molecule has 37 heavy (non-hydrogen) atoms. The number of nitrogens with one attached hydrogen (secondary N) is 1. The molecule has 0 amide bonds. The number of benzene rings is 3. The van der Waals surface area contributed by atoms with Crippen molar-refractivity contribution >= 4 is 49.2 Å². The topological polar surface area (TPSA) is 94.8 Å². The van der Waals surface area contributed by atoms with E-state index in [0.29, 0.717) is 22.4 Å². The zero-order valence-electron chi connectivity index (χ0n) is 19.5. The van der Waals surface area contributed by atoms with E-state index in [0.717, 1.165) is 40.6 Å². The Morgan fingerprint density at radius 3 is 2.62 bits per heavy atom. The number of hydrogen-bond acceptors (Lipinski definition) is 7. The number of anilines is 1. The maximum absolute atomic E-state index is 13.5. The number of carbonyl (C=O) groups is 1. The number of rotatable bonds is 11. The van der Waals surface area contributed by atoms with E-state index in [1.807, 2.05) is 12.1 Å². The maximum Gasteiger partial charge on any atom is 0.298 e. The molecule has 1 heterocycles. The SMILES string of the molecule is O=COCC(c1ccc(F)cc1)c1coc2cc(NCOS(=O)(=O)c3cccc(Br)c3)c(C3CC3)cc12. The first-order valence-corrected chi connectivity index (χ1v) is 13.8. The second-order valence-electron chi connectivity index (χ2n) is 8.79. The Hall–Kier alpha value is -3.21. The number of halogens is 2. The van der Waals surface area contributed by atoms with Gasteiger partial charge in [0.2, 0.25) is 0 Å². The first kappa shape index (κ1) is 25.4. The Kier molecular flexibility index (Phi) is 7.32. The summed E-state index contributed by atoms with van der Waals surface area (Å²) in [6, 6.07) is 16.2. The first-order chi connectivity index (χ1) is 17.9. The largest absolute Gasteiger partial charge is 0.467 e. The molecule has 1 aliphatic carbocycles. The summed E-state index contributed by atoms with van der Waals surface area (Å²) in [6.07, 6.45) is 3.64. The van der Waals surface area contributed by atoms with Crippen molar-refractivity contribution < 1.29 is 30.9 Å². The molecular formula is C27H23BrFNO6S. The van der Waals surface area contributed by atoms with Crippen LogP contribution in [0.3, 0.4) is 0 Å². The van der Waals surface area contributed by atoms with Gasteiger partial charge in [0.15, 0.2) is 0 Å². The number of fused-ring (bicyclic) bond motifs is 1. The Labute approximate surface area is 221 Å². The van der Waals surface area contributed by atoms with Gasteiger partial charge in [0, 0.05) is 33.1 Å². The summed E-state index contributed by atoms with van der Waals surface area (Å²) in [4.78, 5) is 11.0. The molecule has 1 aliphatic rings. The summed E-state index contributed by atoms with van der Waals surface area (Å²) < 4.78 is 55.5. The fourth-order valence-corrected chi connectivity index (χ4v) is 5.75. The number of carbonyl (C=O) groups excluding carboxylic acids is 1. The molecule has 0 radical (unpaired) electrons. The molecule has 1 atom stereocenters. The predicted molar refractivity (Wildman–Crippen MR) is 139 cm³/mol. The molecule has 1 saturated carbocycles. The number of furan rings is 1. The van der Waals surface area contributed by atoms with E-state index in [9.17, 15) is 17.6 Å². The lowest BCUT2D eigenvalue weighted by molar-refractivity contribution is -0.128. The summed E-state index contributed by atoms with van der Waals surface area (Å²) in [7, 11) is -3.95. The molecule has 7 nitrogen and oxygen atoms in total. The molecule has 0 aliphatic heterocycles. The molecule has 3 aromatic carbocycles. The summed E-state index contributed by atoms with van der Waals surface area (Å²) >= 11 is 3.27. The maximum atomic E-state index is 13.5. The van der Waals surface area contributed by atoms with Crippen LogP contribution in [0.4, 0.5) is 10.1 Å². The van der Waals surface area contributed by atoms with E-state index in [4.69, 9.17) is 13.3 Å². The standard InChI is InChI=1S/C27H23BrFNO6S/c28-19-2-1-3-21(10-19)37(32,33)36-15-30-26-12-27-23(11-22(26)17-4-5-17)25(14-35-27)24(13-34-16-31)18-6-8-20(29)9-7-18/h1-3,6-12,14,16-17,24,30H,4-5,13,15H2. The lowest BCUT2D eigenvalue weighted by Gasteiger charge is -2.17. The van der Waals surface area contributed by atoms with Crippen LogP contribution in [0.2, 0.25) is 0 Å². The second-order valence-corrected chi connectivity index (χ2v) is 11.3. The Bertz CT molecular complexity index is 1530. The van der Waals surface area contributed by atoms with Crippen molar-refractivity contribution in [2.75, 3.05) is 18.7 Å². The average Bonchev–Trinajstić information content (AvgIpc) is 3.65. The molecular weight excluding hydrogens is 565 g/mol. The quantitative estimate of drug-likeness (QED) is 0.125. The van der Waals surface area contributed by atoms with Gasteiger partial charge in [-0.1, -0.05) is 34.1 Å². The van der Waals surface area contributed by atoms with Crippen LogP contribution in [0, 0.1) is 5.82 Å². The van der Waals surface area contributed by atoms with Crippen molar-refractivity contribution in [2.24, 2.45) is 0 Å². The van der Waals surface area contributed by atoms with Crippen molar-refractivity contribution in [1.82, 2.24) is 0 Å². The van der Waals surface area contributed by atoms with E-state index in [1.54, 1.807) is 30.5 Å². The molecule has 1 N–H and O–H groups in total. The Morgan fingerprint density at radius 2 is 1.92 bits per heavy atom. The first-order valence-electron chi connectivity index (χ1n) is 11.6. The summed E-state index contributed by atoms with van der Waals surface area (Å²) in [5.41, 5.74) is 3.92. The van der Waals surface area contributed by atoms with Crippen LogP contribution < -0.4 is 5.32 Å². The van der Waals surface area contributed by atoms with Crippen LogP contribution in [0.5, 0.6) is 0 Å². The normalized spacial score (nSPS) is 14.4. The van der Waals surface area contributed by atoms with E-state index in [1.165, 1.54) is 24.3 Å². The summed E-state index contributed by atoms with van der Waals surface area (Å²) in [5.74, 6) is -0.379. The van der Waals surface area contributed by atoms with Crippen LogP contribution in [0.1, 0.15) is 41.4 Å². The fourth-order valence-electron chi connectivity index (χ4n) is 4.34. The Morgan fingerprint density at radius 1 is 1.14 bits per heavy atom. The van der Waals surface area contributed by atoms with E-state index in [2.05, 4.69) is 21.2 Å². The van der Waals surface area contributed by atoms with Gasteiger partial charge >= 0.3 is 0 Å². The second kappa shape index (κ2) is 10.6. The third kappa shape index (κ3) is 5.71. The molecule has 0 spiro atoms. The van der Waals surface area contributed by atoms with Gasteiger partial charge in [-0.25, -0.2) is 8.57 Å². The molecule has 1 fully saturated rings. The minimum Gasteiger partial charge on any atom is -0.467 e. The monoisotopic (exact) mass is 587 g/mol. The van der Waals surface area contributed by atoms with Gasteiger partial charge in [-0.05, 0) is 66.3 Å². The van der Waals surface area contributed by atoms with Crippen molar-refractivity contribution in [2.45, 2.75) is 29.6 Å². The summed E-state index contributed by atoms with van der Waals surface area (Å²) in [5, 5.41) is 3.94. The van der Waals surface area contributed by atoms with Crippen LogP contribution in [-0.4, -0.2) is 28.2 Å². The number of hydrogen-bond donors (Lipinski definition) is 1. The molecule has 0 bridgehead atoms. The number of ether oxygens (including phenoxy) is 1. The van der Waals surface area contributed by atoms with Gasteiger partial charge in [-0.15, -0.1) is 0 Å². The third-order valence-electron chi connectivity index (χ3n) is 6.33. The molecule has 5 rings (SSSR count). The van der Waals surface area contributed by atoms with Crippen LogP contribution in [0.15, 0.2) is 80.7 Å². The molecule has 0 saturated heterocycles. The van der Waals surface area contributed by atoms with Crippen LogP contribution in [0.25, 0.3) is 11.0 Å². The van der Waals surface area contributed by atoms with Crippen LogP contribution in [-0.2, 0) is 23.8 Å². The molecule has 1 unspecified atom stereocenters. The highest BCUT2D eigenvalue weighted by molar-refractivity contribution is 9.10. The lowest BCUT2D eigenvalue weighted by Crippen LogP contribution is -2.14. The van der Waals surface area contributed by atoms with Gasteiger partial charge in [-0.2, -0.15) is 8.42 Å². The highest BCUT2D eigenvalue weighted by Crippen LogP contribution is 2.46. The van der Waals surface area contributed by atoms with E-state index in [-0.39, 0.29) is 30.0 Å². The van der Waals surface area contributed by atoms with Crippen molar-refractivity contribution in [3.63, 3.8) is 0 Å². The molecule has 10 heteroatoms. The van der Waals surface area contributed by atoms with Gasteiger partial charge in [0.25, 0.3) is 16.6 Å². The van der Waals surface area contributed by atoms with Crippen LogP contribution >= 0.6 is 15.9 Å². The molecule has 192 valence electrons. The van der Waals surface area contributed by atoms with Crippen molar-refractivity contribution in [1.29, 1.82) is 0 Å². The minimum atomic E-state index is -3.95. The average molecular weight is 588 g/mol. The van der Waals surface area contributed by atoms with E-state index >= 15 is 0 Å². The van der Waals surface area contributed by atoms with Gasteiger partial charge in [0.05, 0.1) is 11.2 Å². The van der Waals surface area contributed by atoms with Gasteiger partial charge in [0.1, 0.15) is 24.7 Å². The predicted octanol–water partition coefficient (Wildman–Crippen LogP) is 6.29. The highest BCUT2D eigenvalue weighted by atomic mass is 79.9. The molecule has 1 aromatic heterocycles. The fraction of sp³-hybridized carbons (Fsp3) is 0.222. The molecule has 4 aromatic rings. The minimum absolute atomic E-state index is 0.0570. The highest BCUT2D eigenvalue weighted by Gasteiger charge is 2.29. The van der Waals surface area contributed by atoms with Crippen molar-refractivity contribution in [3.8, 4) is 0 Å². The van der Waals surface area contributed by atoms with Gasteiger partial charge in [-0.3, -0.25) is 4.79 Å². The van der Waals surface area contributed by atoms with Crippen molar-refractivity contribution in [3.05, 3.63) is 93.9 Å². The zero-order chi connectivity index (χ0) is 26.0. The third-order valence-corrected chi connectivity index (χ3v) is 8.09. The lowest BCUT2D eigenvalue weighted by atomic mass is 9.90. The Balaban J connectivity index is 1.42. The smallest absolute Gasteiger partial charge is 0.298 e. The van der Waals surface area contributed by atoms with Gasteiger partial charge < -0.3 is 14.5 Å².